The van der Waals surface area contributed by atoms with Crippen LogP contribution in [0.15, 0.2) is 42.7 Å². The highest BCUT2D eigenvalue weighted by atomic mass is 19.1. The number of likely N-dealkylation sites (tertiary alicyclic amines) is 1. The molecule has 6 nitrogen and oxygen atoms in total. The summed E-state index contributed by atoms with van der Waals surface area (Å²) in [6.45, 7) is 6.64. The summed E-state index contributed by atoms with van der Waals surface area (Å²) in [5.41, 5.74) is 3.52. The molecule has 164 valence electrons. The number of halogens is 2. The van der Waals surface area contributed by atoms with Gasteiger partial charge in [-0.15, -0.1) is 5.10 Å². The number of rotatable bonds is 5. The van der Waals surface area contributed by atoms with Crippen molar-refractivity contribution in [3.05, 3.63) is 59.9 Å². The summed E-state index contributed by atoms with van der Waals surface area (Å²) in [5.74, 6) is -0.931. The van der Waals surface area contributed by atoms with Crippen molar-refractivity contribution in [2.24, 2.45) is 0 Å². The van der Waals surface area contributed by atoms with Gasteiger partial charge in [-0.2, -0.15) is 4.98 Å². The van der Waals surface area contributed by atoms with Crippen molar-refractivity contribution in [3.63, 3.8) is 0 Å². The number of anilines is 3. The number of nitrogens with one attached hydrogen (secondary N) is 1. The van der Waals surface area contributed by atoms with Crippen molar-refractivity contribution in [1.29, 1.82) is 0 Å². The van der Waals surface area contributed by atoms with Crippen molar-refractivity contribution in [3.8, 4) is 5.69 Å². The van der Waals surface area contributed by atoms with Gasteiger partial charge in [0.05, 0.1) is 5.69 Å². The maximum absolute atomic E-state index is 13.5. The Morgan fingerprint density at radius 1 is 0.968 bits per heavy atom. The molecule has 0 bridgehead atoms. The van der Waals surface area contributed by atoms with Crippen LogP contribution in [0.5, 0.6) is 0 Å². The third-order valence-corrected chi connectivity index (χ3v) is 6.11. The fourth-order valence-electron chi connectivity index (χ4n) is 4.64. The van der Waals surface area contributed by atoms with Crippen molar-refractivity contribution in [2.45, 2.75) is 32.2 Å². The van der Waals surface area contributed by atoms with Crippen LogP contribution in [-0.2, 0) is 0 Å². The quantitative estimate of drug-likeness (QED) is 0.650. The molecule has 1 N–H and O–H groups in total. The molecule has 0 amide bonds. The normalized spacial score (nSPS) is 19.3. The first-order valence-corrected chi connectivity index (χ1v) is 10.8. The van der Waals surface area contributed by atoms with Crippen LogP contribution in [-0.4, -0.2) is 51.9 Å². The molecule has 2 aromatic carbocycles. The van der Waals surface area contributed by atoms with Gasteiger partial charge < -0.3 is 10.2 Å². The lowest BCUT2D eigenvalue weighted by atomic mass is 10.2. The van der Waals surface area contributed by atoms with Gasteiger partial charge in [-0.25, -0.2) is 13.5 Å². The Kier molecular flexibility index (Phi) is 5.31. The second-order valence-electron chi connectivity index (χ2n) is 8.45. The highest BCUT2D eigenvalue weighted by molar-refractivity contribution is 5.64. The summed E-state index contributed by atoms with van der Waals surface area (Å²) < 4.78 is 28.4. The molecular formula is C23H28F2N6. The summed E-state index contributed by atoms with van der Waals surface area (Å²) in [6.07, 6.45) is 5.27. The van der Waals surface area contributed by atoms with E-state index in [0.717, 1.165) is 30.4 Å². The van der Waals surface area contributed by atoms with Gasteiger partial charge in [-0.05, 0) is 75.2 Å². The van der Waals surface area contributed by atoms with Crippen LogP contribution < -0.4 is 10.2 Å². The maximum Gasteiger partial charge on any atom is 0.246 e. The monoisotopic (exact) mass is 426 g/mol. The van der Waals surface area contributed by atoms with Gasteiger partial charge in [0, 0.05) is 38.0 Å². The molecular weight excluding hydrogens is 398 g/mol. The van der Waals surface area contributed by atoms with E-state index >= 15 is 0 Å². The highest BCUT2D eigenvalue weighted by Crippen LogP contribution is 2.29. The second kappa shape index (κ2) is 8.26. The van der Waals surface area contributed by atoms with E-state index in [2.05, 4.69) is 44.3 Å². The van der Waals surface area contributed by atoms with E-state index in [1.54, 1.807) is 0 Å². The maximum atomic E-state index is 13.5. The summed E-state index contributed by atoms with van der Waals surface area (Å²) in [6, 6.07) is 10.3. The lowest BCUT2D eigenvalue weighted by Gasteiger charge is -2.25. The van der Waals surface area contributed by atoms with E-state index in [1.807, 2.05) is 6.07 Å². The average Bonchev–Trinajstić information content (AvgIpc) is 3.48. The number of benzene rings is 2. The van der Waals surface area contributed by atoms with E-state index in [0.29, 0.717) is 12.0 Å². The summed E-state index contributed by atoms with van der Waals surface area (Å²) in [5, 5.41) is 7.55. The van der Waals surface area contributed by atoms with Gasteiger partial charge in [-0.1, -0.05) is 0 Å². The number of hydrogen-bond acceptors (Lipinski definition) is 5. The molecule has 3 aromatic rings. The first-order valence-electron chi connectivity index (χ1n) is 10.8. The van der Waals surface area contributed by atoms with E-state index in [9.17, 15) is 8.78 Å². The van der Waals surface area contributed by atoms with Crippen molar-refractivity contribution in [2.75, 3.05) is 36.4 Å². The molecule has 3 heterocycles. The van der Waals surface area contributed by atoms with Gasteiger partial charge in [0.1, 0.15) is 18.0 Å². The van der Waals surface area contributed by atoms with Gasteiger partial charge in [0.2, 0.25) is 5.95 Å². The first kappa shape index (κ1) is 19.9. The molecule has 0 aliphatic carbocycles. The largest absolute Gasteiger partial charge is 0.370 e. The molecule has 0 radical (unpaired) electrons. The Bertz CT molecular complexity index is 1060. The molecule has 2 saturated heterocycles. The van der Waals surface area contributed by atoms with Crippen molar-refractivity contribution >= 4 is 17.3 Å². The molecule has 1 unspecified atom stereocenters. The average molecular weight is 427 g/mol. The molecule has 2 aliphatic rings. The van der Waals surface area contributed by atoms with Gasteiger partial charge in [0.15, 0.2) is 0 Å². The molecule has 1 aromatic heterocycles. The van der Waals surface area contributed by atoms with E-state index < -0.39 is 11.6 Å². The second-order valence-corrected chi connectivity index (χ2v) is 8.45. The Balaban J connectivity index is 0.00000245. The number of aromatic nitrogens is 3. The lowest BCUT2D eigenvalue weighted by molar-refractivity contribution is 0.260. The lowest BCUT2D eigenvalue weighted by Crippen LogP contribution is -2.35. The minimum absolute atomic E-state index is 0. The fourth-order valence-corrected chi connectivity index (χ4v) is 4.64. The Morgan fingerprint density at radius 3 is 2.52 bits per heavy atom. The molecule has 8 heteroatoms. The first-order chi connectivity index (χ1) is 15.0. The zero-order valence-corrected chi connectivity index (χ0v) is 17.6. The smallest absolute Gasteiger partial charge is 0.246 e. The molecule has 2 aliphatic heterocycles. The molecule has 5 rings (SSSR count). The fraction of sp³-hybridized carbons (Fsp3) is 0.391. The summed E-state index contributed by atoms with van der Waals surface area (Å²) in [7, 11) is 0. The zero-order valence-electron chi connectivity index (χ0n) is 17.6. The molecule has 2 fully saturated rings. The predicted octanol–water partition coefficient (Wildman–Crippen LogP) is 4.52. The van der Waals surface area contributed by atoms with Crippen LogP contribution >= 0.6 is 0 Å². The third kappa shape index (κ3) is 4.39. The zero-order chi connectivity index (χ0) is 21.4. The summed E-state index contributed by atoms with van der Waals surface area (Å²) >= 11 is 0. The van der Waals surface area contributed by atoms with E-state index in [4.69, 9.17) is 0 Å². The van der Waals surface area contributed by atoms with Crippen LogP contribution in [0.2, 0.25) is 0 Å². The Labute approximate surface area is 182 Å². The molecule has 1 atom stereocenters. The highest BCUT2D eigenvalue weighted by Gasteiger charge is 2.29. The third-order valence-electron chi connectivity index (χ3n) is 6.11. The number of nitrogens with zero attached hydrogens (tertiary/aromatic N) is 5. The van der Waals surface area contributed by atoms with Crippen molar-refractivity contribution < 1.29 is 10.2 Å². The van der Waals surface area contributed by atoms with Crippen LogP contribution in [0.3, 0.4) is 0 Å². The minimum Gasteiger partial charge on any atom is -0.370 e. The minimum atomic E-state index is -0.652. The number of aryl methyl sites for hydroxylation is 1. The number of hydrogen-bond donors (Lipinski definition) is 1. The molecule has 0 spiro atoms. The molecule has 31 heavy (non-hydrogen) atoms. The van der Waals surface area contributed by atoms with Gasteiger partial charge in [-0.3, -0.25) is 4.90 Å². The Morgan fingerprint density at radius 2 is 1.74 bits per heavy atom. The SMILES string of the molecule is Cc1cc(Nc2ncn(-c3cc(F)cc(F)c3)n2)cc(N2CCC(N3CCCC3)C2)c1.[HH]. The van der Waals surface area contributed by atoms with Crippen LogP contribution in [0.4, 0.5) is 26.1 Å². The Hall–Kier alpha value is -3.00. The van der Waals surface area contributed by atoms with Crippen LogP contribution in [0.1, 0.15) is 26.3 Å². The van der Waals surface area contributed by atoms with Crippen LogP contribution in [0, 0.1) is 18.6 Å². The van der Waals surface area contributed by atoms with E-state index in [-0.39, 0.29) is 7.11 Å². The topological polar surface area (TPSA) is 49.2 Å². The van der Waals surface area contributed by atoms with Gasteiger partial charge >= 0.3 is 0 Å². The predicted molar refractivity (Wildman–Crippen MR) is 119 cm³/mol. The van der Waals surface area contributed by atoms with Crippen molar-refractivity contribution in [1.82, 2.24) is 19.7 Å². The van der Waals surface area contributed by atoms with Crippen LogP contribution in [0.25, 0.3) is 5.69 Å². The van der Waals surface area contributed by atoms with E-state index in [1.165, 1.54) is 61.2 Å². The molecule has 0 saturated carbocycles. The van der Waals surface area contributed by atoms with Gasteiger partial charge in [0.25, 0.3) is 0 Å². The standard InChI is InChI=1S/C23H26F2N6.H2/c1-16-8-19(13-21(9-16)30-7-4-20(14-30)29-5-2-3-6-29)27-23-26-15-31(28-23)22-11-17(24)10-18(25)12-22;/h8-13,15,20H,2-7,14H2,1H3,(H,27,28);1H. The summed E-state index contributed by atoms with van der Waals surface area (Å²) in [4.78, 5) is 9.32.